The van der Waals surface area contributed by atoms with Crippen LogP contribution in [-0.4, -0.2) is 41.6 Å². The second kappa shape index (κ2) is 9.45. The molecule has 0 radical (unpaired) electrons. The first-order chi connectivity index (χ1) is 17.7. The van der Waals surface area contributed by atoms with Crippen molar-refractivity contribution in [3.63, 3.8) is 0 Å². The maximum Gasteiger partial charge on any atom is 0.302 e. The van der Waals surface area contributed by atoms with Gasteiger partial charge in [-0.1, -0.05) is 46.8 Å². The fourth-order valence-corrected chi connectivity index (χ4v) is 9.80. The molecule has 212 valence electrons. The molecule has 4 aliphatic carbocycles. The molecule has 1 aliphatic heterocycles. The first-order valence-electron chi connectivity index (χ1n) is 15.0. The minimum Gasteiger partial charge on any atom is -0.462 e. The molecule has 0 aromatic rings. The van der Waals surface area contributed by atoms with Crippen molar-refractivity contribution in [1.29, 1.82) is 0 Å². The summed E-state index contributed by atoms with van der Waals surface area (Å²) in [5.74, 6) is 2.25. The predicted molar refractivity (Wildman–Crippen MR) is 144 cm³/mol. The molecule has 6 heteroatoms. The van der Waals surface area contributed by atoms with E-state index >= 15 is 0 Å². The average molecular weight is 529 g/mol. The van der Waals surface area contributed by atoms with Gasteiger partial charge in [0.25, 0.3) is 0 Å². The lowest BCUT2D eigenvalue weighted by atomic mass is 9.43. The summed E-state index contributed by atoms with van der Waals surface area (Å²) in [7, 11) is 0. The summed E-state index contributed by atoms with van der Waals surface area (Å²) in [6, 6.07) is 0. The van der Waals surface area contributed by atoms with Crippen molar-refractivity contribution in [3.05, 3.63) is 12.2 Å². The number of esters is 2. The monoisotopic (exact) mass is 528 g/mol. The maximum atomic E-state index is 14.0. The molecule has 12 atom stereocenters. The Labute approximate surface area is 228 Å². The van der Waals surface area contributed by atoms with E-state index in [4.69, 9.17) is 14.2 Å². The highest BCUT2D eigenvalue weighted by atomic mass is 16.6. The number of epoxide rings is 1. The van der Waals surface area contributed by atoms with Gasteiger partial charge in [0.2, 0.25) is 0 Å². The summed E-state index contributed by atoms with van der Waals surface area (Å²) >= 11 is 0. The minimum atomic E-state index is -0.741. The van der Waals surface area contributed by atoms with E-state index in [2.05, 4.69) is 53.7 Å². The van der Waals surface area contributed by atoms with Gasteiger partial charge < -0.3 is 14.2 Å². The van der Waals surface area contributed by atoms with E-state index in [9.17, 15) is 14.4 Å². The lowest BCUT2D eigenvalue weighted by Gasteiger charge is -2.60. The summed E-state index contributed by atoms with van der Waals surface area (Å²) in [6.07, 6.45) is 8.81. The van der Waals surface area contributed by atoms with Crippen LogP contribution in [0.2, 0.25) is 0 Å². The van der Waals surface area contributed by atoms with Crippen LogP contribution in [0.5, 0.6) is 0 Å². The molecular weight excluding hydrogens is 480 g/mol. The van der Waals surface area contributed by atoms with E-state index in [0.29, 0.717) is 36.0 Å². The number of ether oxygens (including phenoxy) is 3. The number of hydrogen-bond donors (Lipinski definition) is 0. The molecular formula is C32H48O6. The van der Waals surface area contributed by atoms with Crippen LogP contribution in [0.25, 0.3) is 0 Å². The molecule has 0 aromatic heterocycles. The Bertz CT molecular complexity index is 1020. The van der Waals surface area contributed by atoms with Crippen LogP contribution in [0.1, 0.15) is 93.9 Å². The summed E-state index contributed by atoms with van der Waals surface area (Å²) in [6.45, 7) is 16.6. The standard InChI is InChI=1S/C32H48O6/c1-17(2)18(3)9-10-19(4)24-11-12-25-23-14-28-32(38-28)15-22(36-20(5)33)13-27(35)31(32,8)29(23)26(37-21(6)34)16-30(24,25)7/h9-10,17-19,22-26,28-29H,11-16H2,1-8H3. The zero-order valence-electron chi connectivity index (χ0n) is 24.6. The molecule has 12 unspecified atom stereocenters. The third-order valence-corrected chi connectivity index (χ3v) is 11.9. The lowest BCUT2D eigenvalue weighted by molar-refractivity contribution is -0.196. The molecule has 5 rings (SSSR count). The van der Waals surface area contributed by atoms with Crippen LogP contribution >= 0.6 is 0 Å². The number of carbonyl (C=O) groups excluding carboxylic acids is 3. The second-order valence-corrected chi connectivity index (χ2v) is 14.2. The van der Waals surface area contributed by atoms with E-state index in [-0.39, 0.29) is 53.6 Å². The Morgan fingerprint density at radius 2 is 1.68 bits per heavy atom. The van der Waals surface area contributed by atoms with Crippen LogP contribution in [0.15, 0.2) is 12.2 Å². The van der Waals surface area contributed by atoms with Gasteiger partial charge in [0, 0.05) is 32.6 Å². The Morgan fingerprint density at radius 3 is 2.32 bits per heavy atom. The third kappa shape index (κ3) is 4.10. The van der Waals surface area contributed by atoms with Crippen LogP contribution in [0.3, 0.4) is 0 Å². The highest BCUT2D eigenvalue weighted by Crippen LogP contribution is 2.74. The van der Waals surface area contributed by atoms with E-state index in [1.165, 1.54) is 13.8 Å². The van der Waals surface area contributed by atoms with Crippen molar-refractivity contribution >= 4 is 17.7 Å². The number of hydrogen-bond acceptors (Lipinski definition) is 6. The van der Waals surface area contributed by atoms with Crippen molar-refractivity contribution < 1.29 is 28.6 Å². The molecule has 0 N–H and O–H groups in total. The van der Waals surface area contributed by atoms with Gasteiger partial charge in [-0.05, 0) is 73.5 Å². The molecule has 1 saturated heterocycles. The van der Waals surface area contributed by atoms with Crippen LogP contribution in [0, 0.1) is 52.3 Å². The van der Waals surface area contributed by atoms with Gasteiger partial charge in [-0.3, -0.25) is 14.4 Å². The molecule has 6 nitrogen and oxygen atoms in total. The summed E-state index contributed by atoms with van der Waals surface area (Å²) in [5, 5.41) is 0. The molecule has 1 heterocycles. The highest BCUT2D eigenvalue weighted by Gasteiger charge is 2.80. The molecule has 0 amide bonds. The predicted octanol–water partition coefficient (Wildman–Crippen LogP) is 5.91. The van der Waals surface area contributed by atoms with Gasteiger partial charge >= 0.3 is 11.9 Å². The minimum absolute atomic E-state index is 0.000327. The number of carbonyl (C=O) groups is 3. The van der Waals surface area contributed by atoms with E-state index in [1.807, 2.05) is 0 Å². The fourth-order valence-electron chi connectivity index (χ4n) is 9.80. The molecule has 5 aliphatic rings. The van der Waals surface area contributed by atoms with Gasteiger partial charge in [-0.2, -0.15) is 0 Å². The molecule has 0 bridgehead atoms. The molecule has 5 fully saturated rings. The maximum absolute atomic E-state index is 14.0. The third-order valence-electron chi connectivity index (χ3n) is 11.9. The van der Waals surface area contributed by atoms with Crippen molar-refractivity contribution in [2.45, 2.75) is 118 Å². The lowest BCUT2D eigenvalue weighted by Crippen LogP contribution is -2.66. The largest absolute Gasteiger partial charge is 0.462 e. The molecule has 38 heavy (non-hydrogen) atoms. The topological polar surface area (TPSA) is 82.2 Å². The number of ketones is 1. The Hall–Kier alpha value is -1.69. The summed E-state index contributed by atoms with van der Waals surface area (Å²) < 4.78 is 18.2. The number of Topliss-reactive ketones (excluding diaryl/α,β-unsaturated/α-hetero) is 1. The first-order valence-corrected chi connectivity index (χ1v) is 15.0. The van der Waals surface area contributed by atoms with Gasteiger partial charge in [0.1, 0.15) is 23.6 Å². The van der Waals surface area contributed by atoms with E-state index in [0.717, 1.165) is 25.7 Å². The average Bonchev–Trinajstić information content (AvgIpc) is 3.39. The summed E-state index contributed by atoms with van der Waals surface area (Å²) in [5.41, 5.74) is -1.32. The van der Waals surface area contributed by atoms with Gasteiger partial charge in [0.15, 0.2) is 0 Å². The smallest absolute Gasteiger partial charge is 0.302 e. The highest BCUT2D eigenvalue weighted by molar-refractivity contribution is 5.89. The van der Waals surface area contributed by atoms with Crippen LogP contribution < -0.4 is 0 Å². The van der Waals surface area contributed by atoms with Crippen molar-refractivity contribution in [2.75, 3.05) is 0 Å². The Balaban J connectivity index is 1.47. The summed E-state index contributed by atoms with van der Waals surface area (Å²) in [4.78, 5) is 38.1. The van der Waals surface area contributed by atoms with Crippen LogP contribution in [-0.2, 0) is 28.6 Å². The van der Waals surface area contributed by atoms with Crippen LogP contribution in [0.4, 0.5) is 0 Å². The van der Waals surface area contributed by atoms with Gasteiger partial charge in [0.05, 0.1) is 11.5 Å². The Morgan fingerprint density at radius 1 is 1.00 bits per heavy atom. The van der Waals surface area contributed by atoms with E-state index in [1.54, 1.807) is 0 Å². The zero-order chi connectivity index (χ0) is 27.8. The van der Waals surface area contributed by atoms with Gasteiger partial charge in [-0.15, -0.1) is 0 Å². The fraction of sp³-hybridized carbons (Fsp3) is 0.844. The van der Waals surface area contributed by atoms with Gasteiger partial charge in [-0.25, -0.2) is 0 Å². The van der Waals surface area contributed by atoms with Crippen molar-refractivity contribution in [3.8, 4) is 0 Å². The van der Waals surface area contributed by atoms with Crippen molar-refractivity contribution in [2.24, 2.45) is 52.3 Å². The Kier molecular flexibility index (Phi) is 6.93. The first kappa shape index (κ1) is 27.9. The normalized spacial score (nSPS) is 47.0. The number of allylic oxidation sites excluding steroid dienone is 2. The zero-order valence-corrected chi connectivity index (χ0v) is 24.6. The SMILES string of the molecule is CC(=O)OC1CC(=O)C2(C)C3C(OC(C)=O)CC4(C)C(C(C)C=CC(C)C(C)C)CCC4C3CC3OC32C1. The quantitative estimate of drug-likeness (QED) is 0.242. The van der Waals surface area contributed by atoms with Crippen molar-refractivity contribution in [1.82, 2.24) is 0 Å². The molecule has 4 saturated carbocycles. The molecule has 1 spiro atoms. The number of rotatable bonds is 6. The second-order valence-electron chi connectivity index (χ2n) is 14.2. The molecule has 0 aromatic carbocycles. The number of fused-ring (bicyclic) bond motifs is 4. The van der Waals surface area contributed by atoms with E-state index < -0.39 is 17.1 Å².